The Balaban J connectivity index is 2.44. The van der Waals surface area contributed by atoms with Crippen LogP contribution >= 0.6 is 27.5 Å². The largest absolute Gasteiger partial charge is 0.338 e. The first-order chi connectivity index (χ1) is 10.1. The molecule has 0 aliphatic carbocycles. The Morgan fingerprint density at radius 2 is 2.05 bits per heavy atom. The summed E-state index contributed by atoms with van der Waals surface area (Å²) in [4.78, 5) is 8.30. The van der Waals surface area contributed by atoms with Crippen LogP contribution in [0.1, 0.15) is 18.9 Å². The average molecular weight is 375 g/mol. The number of rotatable bonds is 5. The van der Waals surface area contributed by atoms with Crippen molar-refractivity contribution in [1.82, 2.24) is 9.97 Å². The molecule has 0 bridgehead atoms. The molecular formula is C13H14BrClFN5. The minimum Gasteiger partial charge on any atom is -0.338 e. The van der Waals surface area contributed by atoms with Crippen LogP contribution in [0.2, 0.25) is 5.02 Å². The van der Waals surface area contributed by atoms with E-state index in [4.69, 9.17) is 17.4 Å². The molecule has 1 heterocycles. The Morgan fingerprint density at radius 3 is 2.67 bits per heavy atom. The lowest BCUT2D eigenvalue weighted by atomic mass is 10.1. The van der Waals surface area contributed by atoms with Crippen LogP contribution in [0.15, 0.2) is 22.9 Å². The van der Waals surface area contributed by atoms with Gasteiger partial charge in [-0.15, -0.1) is 0 Å². The predicted octanol–water partition coefficient (Wildman–Crippen LogP) is 4.01. The van der Waals surface area contributed by atoms with Crippen LogP contribution in [-0.4, -0.2) is 9.97 Å². The number of hydrogen-bond acceptors (Lipinski definition) is 5. The van der Waals surface area contributed by atoms with Crippen molar-refractivity contribution in [1.29, 1.82) is 0 Å². The second kappa shape index (κ2) is 7.02. The van der Waals surface area contributed by atoms with Gasteiger partial charge in [0.2, 0.25) is 0 Å². The Labute approximate surface area is 135 Å². The maximum Gasteiger partial charge on any atom is 0.148 e. The van der Waals surface area contributed by atoms with Gasteiger partial charge < -0.3 is 10.7 Å². The number of halogens is 3. The number of nitrogens with zero attached hydrogens (tertiary/aromatic N) is 2. The van der Waals surface area contributed by atoms with Gasteiger partial charge >= 0.3 is 0 Å². The van der Waals surface area contributed by atoms with Gasteiger partial charge in [-0.05, 0) is 34.5 Å². The zero-order valence-corrected chi connectivity index (χ0v) is 13.6. The predicted molar refractivity (Wildman–Crippen MR) is 86.2 cm³/mol. The van der Waals surface area contributed by atoms with E-state index >= 15 is 0 Å². The molecule has 1 aromatic carbocycles. The average Bonchev–Trinajstić information content (AvgIpc) is 2.44. The van der Waals surface area contributed by atoms with E-state index in [1.165, 1.54) is 18.5 Å². The molecular weight excluding hydrogens is 361 g/mol. The van der Waals surface area contributed by atoms with Crippen LogP contribution in [0.4, 0.5) is 21.7 Å². The Kier molecular flexibility index (Phi) is 5.33. The van der Waals surface area contributed by atoms with Crippen molar-refractivity contribution < 1.29 is 4.39 Å². The van der Waals surface area contributed by atoms with Gasteiger partial charge in [0.25, 0.3) is 0 Å². The van der Waals surface area contributed by atoms with Crippen LogP contribution in [0, 0.1) is 5.82 Å². The van der Waals surface area contributed by atoms with Crippen LogP contribution < -0.4 is 16.6 Å². The molecule has 2 aromatic rings. The number of aromatic nitrogens is 2. The van der Waals surface area contributed by atoms with Crippen molar-refractivity contribution in [3.05, 3.63) is 39.3 Å². The lowest BCUT2D eigenvalue weighted by Gasteiger charge is -2.15. The second-order valence-corrected chi connectivity index (χ2v) is 5.57. The molecule has 0 atom stereocenters. The summed E-state index contributed by atoms with van der Waals surface area (Å²) >= 11 is 9.36. The first-order valence-corrected chi connectivity index (χ1v) is 7.46. The van der Waals surface area contributed by atoms with Gasteiger partial charge in [0.05, 0.1) is 10.7 Å². The third kappa shape index (κ3) is 3.61. The molecule has 0 spiro atoms. The number of benzene rings is 1. The zero-order valence-electron chi connectivity index (χ0n) is 11.3. The summed E-state index contributed by atoms with van der Waals surface area (Å²) in [5.74, 6) is 6.17. The highest BCUT2D eigenvalue weighted by molar-refractivity contribution is 9.10. The standard InChI is InChI=1S/C13H14BrClFN5/c1-2-3-8-12(18-6-19-13(8)21-17)20-11-9(14)4-7(16)5-10(11)15/h4-6H,2-3,17H2,1H3,(H2,18,19,20,21). The highest BCUT2D eigenvalue weighted by atomic mass is 79.9. The molecule has 0 saturated carbocycles. The topological polar surface area (TPSA) is 75.9 Å². The summed E-state index contributed by atoms with van der Waals surface area (Å²) < 4.78 is 13.8. The van der Waals surface area contributed by atoms with E-state index in [-0.39, 0.29) is 5.02 Å². The Bertz CT molecular complexity index is 629. The van der Waals surface area contributed by atoms with Crippen LogP contribution in [0.5, 0.6) is 0 Å². The summed E-state index contributed by atoms with van der Waals surface area (Å²) in [5.41, 5.74) is 3.93. The summed E-state index contributed by atoms with van der Waals surface area (Å²) in [5, 5.41) is 3.36. The van der Waals surface area contributed by atoms with Crippen molar-refractivity contribution in [3.63, 3.8) is 0 Å². The third-order valence-corrected chi connectivity index (χ3v) is 3.76. The minimum absolute atomic E-state index is 0.255. The summed E-state index contributed by atoms with van der Waals surface area (Å²) in [6.07, 6.45) is 3.02. The maximum absolute atomic E-state index is 13.3. The molecule has 5 nitrogen and oxygen atoms in total. The molecule has 112 valence electrons. The van der Waals surface area contributed by atoms with Crippen molar-refractivity contribution in [2.24, 2.45) is 5.84 Å². The Hall–Kier alpha value is -1.44. The molecule has 0 saturated heterocycles. The Morgan fingerprint density at radius 1 is 1.33 bits per heavy atom. The molecule has 0 radical (unpaired) electrons. The maximum atomic E-state index is 13.3. The number of nitrogen functional groups attached to an aromatic ring is 1. The molecule has 8 heteroatoms. The molecule has 0 aliphatic heterocycles. The number of anilines is 3. The van der Waals surface area contributed by atoms with Crippen molar-refractivity contribution in [2.45, 2.75) is 19.8 Å². The van der Waals surface area contributed by atoms with E-state index < -0.39 is 5.82 Å². The SMILES string of the molecule is CCCc1c(NN)ncnc1Nc1c(Cl)cc(F)cc1Br. The summed E-state index contributed by atoms with van der Waals surface area (Å²) in [7, 11) is 0. The minimum atomic E-state index is -0.418. The zero-order chi connectivity index (χ0) is 15.4. The van der Waals surface area contributed by atoms with Gasteiger partial charge in [-0.1, -0.05) is 24.9 Å². The van der Waals surface area contributed by atoms with Gasteiger partial charge in [-0.25, -0.2) is 20.2 Å². The monoisotopic (exact) mass is 373 g/mol. The van der Waals surface area contributed by atoms with E-state index in [0.717, 1.165) is 18.4 Å². The van der Waals surface area contributed by atoms with Gasteiger partial charge in [0, 0.05) is 10.0 Å². The van der Waals surface area contributed by atoms with Gasteiger partial charge in [0.1, 0.15) is 23.8 Å². The number of nitrogens with one attached hydrogen (secondary N) is 2. The lowest BCUT2D eigenvalue weighted by Crippen LogP contribution is -2.13. The highest BCUT2D eigenvalue weighted by Crippen LogP contribution is 2.35. The summed E-state index contributed by atoms with van der Waals surface area (Å²) in [6, 6.07) is 2.56. The van der Waals surface area contributed by atoms with Crippen molar-refractivity contribution in [3.8, 4) is 0 Å². The van der Waals surface area contributed by atoms with Crippen molar-refractivity contribution in [2.75, 3.05) is 10.7 Å². The molecule has 0 unspecified atom stereocenters. The first kappa shape index (κ1) is 15.9. The van der Waals surface area contributed by atoms with E-state index in [9.17, 15) is 4.39 Å². The molecule has 2 rings (SSSR count). The lowest BCUT2D eigenvalue weighted by molar-refractivity contribution is 0.627. The normalized spacial score (nSPS) is 10.5. The van der Waals surface area contributed by atoms with Gasteiger partial charge in [0.15, 0.2) is 0 Å². The van der Waals surface area contributed by atoms with E-state index in [1.807, 2.05) is 6.92 Å². The molecule has 1 aromatic heterocycles. The number of nitrogens with two attached hydrogens (primary N) is 1. The fraction of sp³-hybridized carbons (Fsp3) is 0.231. The van der Waals surface area contributed by atoms with E-state index in [1.54, 1.807) is 0 Å². The third-order valence-electron chi connectivity index (χ3n) is 2.83. The van der Waals surface area contributed by atoms with Crippen LogP contribution in [-0.2, 0) is 6.42 Å². The molecule has 21 heavy (non-hydrogen) atoms. The number of hydrazine groups is 1. The first-order valence-electron chi connectivity index (χ1n) is 6.28. The molecule has 0 amide bonds. The molecule has 0 fully saturated rings. The van der Waals surface area contributed by atoms with E-state index in [2.05, 4.69) is 36.6 Å². The fourth-order valence-electron chi connectivity index (χ4n) is 1.91. The quantitative estimate of drug-likeness (QED) is 0.544. The number of hydrogen-bond donors (Lipinski definition) is 3. The summed E-state index contributed by atoms with van der Waals surface area (Å²) in [6.45, 7) is 2.04. The van der Waals surface area contributed by atoms with Gasteiger partial charge in [-0.2, -0.15) is 0 Å². The fourth-order valence-corrected chi connectivity index (χ4v) is 2.81. The van der Waals surface area contributed by atoms with Crippen LogP contribution in [0.3, 0.4) is 0 Å². The van der Waals surface area contributed by atoms with Crippen molar-refractivity contribution >= 4 is 44.9 Å². The smallest absolute Gasteiger partial charge is 0.148 e. The molecule has 4 N–H and O–H groups in total. The highest BCUT2D eigenvalue weighted by Gasteiger charge is 2.14. The van der Waals surface area contributed by atoms with E-state index in [0.29, 0.717) is 21.8 Å². The second-order valence-electron chi connectivity index (χ2n) is 4.31. The molecule has 0 aliphatic rings. The van der Waals surface area contributed by atoms with Crippen LogP contribution in [0.25, 0.3) is 0 Å². The van der Waals surface area contributed by atoms with Gasteiger partial charge in [-0.3, -0.25) is 0 Å².